The molecule has 1 atom stereocenters. The van der Waals surface area contributed by atoms with Crippen molar-refractivity contribution in [1.82, 2.24) is 19.6 Å². The van der Waals surface area contributed by atoms with Gasteiger partial charge >= 0.3 is 0 Å². The highest BCUT2D eigenvalue weighted by Gasteiger charge is 2.33. The van der Waals surface area contributed by atoms with Crippen LogP contribution in [0, 0.1) is 0 Å². The van der Waals surface area contributed by atoms with Crippen LogP contribution in [0.5, 0.6) is 0 Å². The Bertz CT molecular complexity index is 1280. The second-order valence-corrected chi connectivity index (χ2v) is 11.3. The van der Waals surface area contributed by atoms with E-state index in [4.69, 9.17) is 32.9 Å². The molecule has 10 heteroatoms. The van der Waals surface area contributed by atoms with Crippen molar-refractivity contribution in [1.29, 1.82) is 0 Å². The van der Waals surface area contributed by atoms with E-state index in [2.05, 4.69) is 28.4 Å². The van der Waals surface area contributed by atoms with Gasteiger partial charge in [-0.1, -0.05) is 59.7 Å². The highest BCUT2D eigenvalue weighted by Crippen LogP contribution is 2.42. The molecule has 0 bridgehead atoms. The summed E-state index contributed by atoms with van der Waals surface area (Å²) in [4.78, 5) is 7.21. The van der Waals surface area contributed by atoms with Gasteiger partial charge in [-0.25, -0.2) is 9.38 Å². The first-order valence-electron chi connectivity index (χ1n) is 9.87. The Kier molecular flexibility index (Phi) is 5.90. The zero-order valence-electron chi connectivity index (χ0n) is 17.2. The van der Waals surface area contributed by atoms with Crippen LogP contribution in [0.2, 0.25) is 10.0 Å². The Balaban J connectivity index is 1.62. The summed E-state index contributed by atoms with van der Waals surface area (Å²) in [6.45, 7) is 4.98. The zero-order chi connectivity index (χ0) is 21.8. The molecule has 1 aromatic carbocycles. The van der Waals surface area contributed by atoms with Crippen LogP contribution in [-0.4, -0.2) is 31.4 Å². The van der Waals surface area contributed by atoms with E-state index in [-0.39, 0.29) is 5.60 Å². The van der Waals surface area contributed by atoms with E-state index in [0.29, 0.717) is 22.4 Å². The summed E-state index contributed by atoms with van der Waals surface area (Å²) < 4.78 is 8.22. The Morgan fingerprint density at radius 2 is 2.00 bits per heavy atom. The monoisotopic (exact) mass is 510 g/mol. The van der Waals surface area contributed by atoms with Crippen LogP contribution in [0.25, 0.3) is 15.9 Å². The van der Waals surface area contributed by atoms with Crippen LogP contribution in [-0.2, 0) is 23.5 Å². The number of halogens is 2. The molecule has 3 aromatic heterocycles. The van der Waals surface area contributed by atoms with Gasteiger partial charge in [0.15, 0.2) is 16.0 Å². The van der Waals surface area contributed by atoms with Gasteiger partial charge in [0, 0.05) is 27.1 Å². The van der Waals surface area contributed by atoms with Crippen molar-refractivity contribution < 1.29 is 4.74 Å². The first kappa shape index (κ1) is 21.8. The molecule has 4 heterocycles. The quantitative estimate of drug-likeness (QED) is 0.215. The minimum absolute atomic E-state index is 0.158. The van der Waals surface area contributed by atoms with E-state index in [1.54, 1.807) is 34.9 Å². The van der Waals surface area contributed by atoms with Gasteiger partial charge in [-0.05, 0) is 42.9 Å². The molecule has 0 saturated carbocycles. The number of fused-ring (bicyclic) bond motifs is 5. The smallest absolute Gasteiger partial charge is 0.198 e. The zero-order valence-corrected chi connectivity index (χ0v) is 21.2. The number of thioether (sulfide) groups is 2. The van der Waals surface area contributed by atoms with Crippen molar-refractivity contribution in [3.05, 3.63) is 44.2 Å². The molecule has 5 nitrogen and oxygen atoms in total. The number of ether oxygens (including phenoxy) is 1. The molecule has 0 radical (unpaired) electrons. The van der Waals surface area contributed by atoms with Crippen LogP contribution in [0.4, 0.5) is 0 Å². The van der Waals surface area contributed by atoms with Crippen LogP contribution < -0.4 is 0 Å². The topological polar surface area (TPSA) is 52.3 Å². The summed E-state index contributed by atoms with van der Waals surface area (Å²) in [6.07, 6.45) is 3.85. The normalized spacial score (nSPS) is 18.7. The minimum Gasteiger partial charge on any atom is -0.369 e. The average Bonchev–Trinajstić information content (AvgIpc) is 3.33. The van der Waals surface area contributed by atoms with E-state index in [1.165, 1.54) is 10.4 Å². The van der Waals surface area contributed by atoms with Crippen LogP contribution >= 0.6 is 58.1 Å². The van der Waals surface area contributed by atoms with Crippen molar-refractivity contribution in [3.63, 3.8) is 0 Å². The molecular formula is C21H20Cl2N4OS3. The molecule has 0 aliphatic carbocycles. The lowest BCUT2D eigenvalue weighted by atomic mass is 9.90. The summed E-state index contributed by atoms with van der Waals surface area (Å²) in [5.41, 5.74) is 2.91. The van der Waals surface area contributed by atoms with Gasteiger partial charge in [0.25, 0.3) is 0 Å². The molecule has 1 aliphatic rings. The third-order valence-electron chi connectivity index (χ3n) is 5.76. The number of benzene rings is 1. The average molecular weight is 512 g/mol. The Hall–Kier alpha value is -1.03. The molecule has 162 valence electrons. The summed E-state index contributed by atoms with van der Waals surface area (Å²) in [6, 6.07) is 5.56. The molecule has 31 heavy (non-hydrogen) atoms. The van der Waals surface area contributed by atoms with Gasteiger partial charge in [-0.15, -0.1) is 21.5 Å². The number of hydrogen-bond acceptors (Lipinski definition) is 7. The maximum absolute atomic E-state index is 6.36. The van der Waals surface area contributed by atoms with Crippen molar-refractivity contribution >= 4 is 73.9 Å². The highest BCUT2D eigenvalue weighted by atomic mass is 35.5. The first-order valence-corrected chi connectivity index (χ1v) is 13.7. The molecule has 4 aromatic rings. The summed E-state index contributed by atoms with van der Waals surface area (Å²) in [7, 11) is 0. The molecule has 0 saturated heterocycles. The lowest BCUT2D eigenvalue weighted by molar-refractivity contribution is -0.0542. The van der Waals surface area contributed by atoms with Gasteiger partial charge in [-0.2, -0.15) is 0 Å². The fourth-order valence-electron chi connectivity index (χ4n) is 3.78. The number of nitrogens with zero attached hydrogens (tertiary/aromatic N) is 4. The van der Waals surface area contributed by atoms with Crippen LogP contribution in [0.3, 0.4) is 0 Å². The number of thiophene rings is 1. The SMILES string of the molecule is CCC1(C)Cc2c(sc3nc(SC)n4c(SCc5c(Cl)cccc5Cl)nnc4c23)CO1. The van der Waals surface area contributed by atoms with Crippen molar-refractivity contribution in [2.45, 2.75) is 55.0 Å². The Morgan fingerprint density at radius 3 is 2.71 bits per heavy atom. The van der Waals surface area contributed by atoms with Gasteiger partial charge in [0.1, 0.15) is 4.83 Å². The standard InChI is InChI=1S/C21H20Cl2N4OS3/c1-4-21(2)8-11-15(9-28-21)31-18-16(11)17-25-26-20(27(17)19(24-18)29-3)30-10-12-13(22)6-5-7-14(12)23/h5-7H,4,8-10H2,1-3H3. The number of aromatic nitrogens is 4. The second kappa shape index (κ2) is 8.39. The highest BCUT2D eigenvalue weighted by molar-refractivity contribution is 7.99. The van der Waals surface area contributed by atoms with Gasteiger partial charge in [0.05, 0.1) is 17.6 Å². The lowest BCUT2D eigenvalue weighted by Gasteiger charge is -2.32. The molecule has 1 aliphatic heterocycles. The Labute approximate surface area is 202 Å². The third kappa shape index (κ3) is 3.75. The molecule has 5 rings (SSSR count). The molecule has 1 unspecified atom stereocenters. The maximum Gasteiger partial charge on any atom is 0.198 e. The summed E-state index contributed by atoms with van der Waals surface area (Å²) >= 11 is 17.6. The van der Waals surface area contributed by atoms with Crippen LogP contribution in [0.1, 0.15) is 36.3 Å². The summed E-state index contributed by atoms with van der Waals surface area (Å²) in [5, 5.41) is 13.2. The number of rotatable bonds is 5. The van der Waals surface area contributed by atoms with E-state index < -0.39 is 0 Å². The van der Waals surface area contributed by atoms with E-state index in [9.17, 15) is 0 Å². The maximum atomic E-state index is 6.36. The first-order chi connectivity index (χ1) is 14.9. The fraction of sp³-hybridized carbons (Fsp3) is 0.381. The van der Waals surface area contributed by atoms with Crippen molar-refractivity contribution in [3.8, 4) is 0 Å². The van der Waals surface area contributed by atoms with Gasteiger partial charge in [0.2, 0.25) is 0 Å². The fourth-order valence-corrected chi connectivity index (χ4v) is 7.21. The second-order valence-electron chi connectivity index (χ2n) is 7.68. The summed E-state index contributed by atoms with van der Waals surface area (Å²) in [5.74, 6) is 0.606. The third-order valence-corrected chi connectivity index (χ3v) is 9.16. The predicted molar refractivity (Wildman–Crippen MR) is 131 cm³/mol. The molecule has 0 N–H and O–H groups in total. The van der Waals surface area contributed by atoms with Crippen LogP contribution in [0.15, 0.2) is 28.5 Å². The molecule has 0 fully saturated rings. The van der Waals surface area contributed by atoms with Gasteiger partial charge < -0.3 is 4.74 Å². The van der Waals surface area contributed by atoms with Crippen molar-refractivity contribution in [2.75, 3.05) is 6.26 Å². The van der Waals surface area contributed by atoms with Crippen molar-refractivity contribution in [2.24, 2.45) is 0 Å². The van der Waals surface area contributed by atoms with E-state index in [1.807, 2.05) is 24.5 Å². The largest absolute Gasteiger partial charge is 0.369 e. The lowest BCUT2D eigenvalue weighted by Crippen LogP contribution is -2.33. The molecule has 0 amide bonds. The van der Waals surface area contributed by atoms with Gasteiger partial charge in [-0.3, -0.25) is 0 Å². The predicted octanol–water partition coefficient (Wildman–Crippen LogP) is 6.90. The minimum atomic E-state index is -0.158. The van der Waals surface area contributed by atoms with E-state index >= 15 is 0 Å². The molecule has 0 spiro atoms. The molecular weight excluding hydrogens is 491 g/mol. The number of hydrogen-bond donors (Lipinski definition) is 0. The Morgan fingerprint density at radius 1 is 1.23 bits per heavy atom. The van der Waals surface area contributed by atoms with E-state index in [0.717, 1.165) is 44.6 Å².